The van der Waals surface area contributed by atoms with Gasteiger partial charge in [-0.25, -0.2) is 0 Å². The average molecular weight is 206 g/mol. The molecule has 0 bridgehead atoms. The van der Waals surface area contributed by atoms with Crippen molar-refractivity contribution in [3.8, 4) is 0 Å². The Bertz CT molecular complexity index is 240. The third-order valence-electron chi connectivity index (χ3n) is 5.02. The molecule has 3 atom stereocenters. The standard InChI is InChI=1S/C15H26/c1-12(2)14-8-11-15(14)9-5-4-6-13(3)7-10-15/h13-14H,1,4-11H2,2-3H3. The fourth-order valence-corrected chi connectivity index (χ4v) is 3.84. The van der Waals surface area contributed by atoms with Crippen LogP contribution in [0.2, 0.25) is 0 Å². The molecule has 2 saturated carbocycles. The van der Waals surface area contributed by atoms with Crippen LogP contribution in [0.25, 0.3) is 0 Å². The second kappa shape index (κ2) is 4.31. The summed E-state index contributed by atoms with van der Waals surface area (Å²) in [5, 5.41) is 0. The molecule has 0 aromatic rings. The normalized spacial score (nSPS) is 41.7. The van der Waals surface area contributed by atoms with Crippen LogP contribution in [0.5, 0.6) is 0 Å². The van der Waals surface area contributed by atoms with Gasteiger partial charge in [-0.1, -0.05) is 44.8 Å². The van der Waals surface area contributed by atoms with Crippen molar-refractivity contribution in [2.75, 3.05) is 0 Å². The number of allylic oxidation sites excluding steroid dienone is 1. The minimum absolute atomic E-state index is 0.695. The van der Waals surface area contributed by atoms with E-state index in [2.05, 4.69) is 20.4 Å². The van der Waals surface area contributed by atoms with Crippen LogP contribution in [0.4, 0.5) is 0 Å². The van der Waals surface area contributed by atoms with Crippen molar-refractivity contribution < 1.29 is 0 Å². The van der Waals surface area contributed by atoms with Gasteiger partial charge in [-0.15, -0.1) is 0 Å². The number of hydrogen-bond donors (Lipinski definition) is 0. The Hall–Kier alpha value is -0.260. The maximum absolute atomic E-state index is 4.20. The summed E-state index contributed by atoms with van der Waals surface area (Å²) in [6.07, 6.45) is 11.7. The predicted octanol–water partition coefficient (Wildman–Crippen LogP) is 4.95. The average Bonchev–Trinajstić information content (AvgIpc) is 2.10. The summed E-state index contributed by atoms with van der Waals surface area (Å²) in [7, 11) is 0. The van der Waals surface area contributed by atoms with E-state index >= 15 is 0 Å². The van der Waals surface area contributed by atoms with Crippen molar-refractivity contribution in [3.05, 3.63) is 12.2 Å². The van der Waals surface area contributed by atoms with Crippen LogP contribution < -0.4 is 0 Å². The predicted molar refractivity (Wildman–Crippen MR) is 66.8 cm³/mol. The van der Waals surface area contributed by atoms with Crippen molar-refractivity contribution in [2.45, 2.75) is 65.2 Å². The molecular weight excluding hydrogens is 180 g/mol. The molecule has 15 heavy (non-hydrogen) atoms. The highest BCUT2D eigenvalue weighted by Gasteiger charge is 2.46. The van der Waals surface area contributed by atoms with E-state index in [1.165, 1.54) is 56.9 Å². The quantitative estimate of drug-likeness (QED) is 0.532. The molecule has 0 aromatic heterocycles. The van der Waals surface area contributed by atoms with Crippen LogP contribution in [0.15, 0.2) is 12.2 Å². The van der Waals surface area contributed by atoms with Crippen LogP contribution >= 0.6 is 0 Å². The molecule has 1 spiro atoms. The zero-order chi connectivity index (χ0) is 10.9. The Labute approximate surface area is 95.1 Å². The smallest absolute Gasteiger partial charge is 0.0152 e. The van der Waals surface area contributed by atoms with Crippen molar-refractivity contribution in [3.63, 3.8) is 0 Å². The Balaban J connectivity index is 2.02. The van der Waals surface area contributed by atoms with Gasteiger partial charge in [0.1, 0.15) is 0 Å². The number of rotatable bonds is 1. The Kier molecular flexibility index (Phi) is 3.23. The molecule has 2 fully saturated rings. The monoisotopic (exact) mass is 206 g/mol. The van der Waals surface area contributed by atoms with Crippen molar-refractivity contribution in [1.29, 1.82) is 0 Å². The van der Waals surface area contributed by atoms with Gasteiger partial charge in [0, 0.05) is 0 Å². The van der Waals surface area contributed by atoms with Gasteiger partial charge in [0.15, 0.2) is 0 Å². The van der Waals surface area contributed by atoms with Crippen molar-refractivity contribution in [2.24, 2.45) is 17.3 Å². The van der Waals surface area contributed by atoms with E-state index in [-0.39, 0.29) is 0 Å². The highest BCUT2D eigenvalue weighted by atomic mass is 14.5. The van der Waals surface area contributed by atoms with E-state index in [0.717, 1.165) is 11.8 Å². The molecular formula is C15H26. The van der Waals surface area contributed by atoms with E-state index in [0.29, 0.717) is 5.41 Å². The molecule has 0 heterocycles. The maximum Gasteiger partial charge on any atom is -0.0152 e. The molecule has 3 unspecified atom stereocenters. The SMILES string of the molecule is C=C(C)C1CCC12CCCCC(C)CC2. The second-order valence-electron chi connectivity index (χ2n) is 6.19. The highest BCUT2D eigenvalue weighted by Crippen LogP contribution is 2.57. The van der Waals surface area contributed by atoms with E-state index in [4.69, 9.17) is 0 Å². The van der Waals surface area contributed by atoms with Crippen molar-refractivity contribution in [1.82, 2.24) is 0 Å². The summed E-state index contributed by atoms with van der Waals surface area (Å²) in [4.78, 5) is 0. The zero-order valence-electron chi connectivity index (χ0n) is 10.5. The van der Waals surface area contributed by atoms with Gasteiger partial charge < -0.3 is 0 Å². The molecule has 0 amide bonds. The van der Waals surface area contributed by atoms with E-state index < -0.39 is 0 Å². The molecule has 2 aliphatic rings. The molecule has 0 nitrogen and oxygen atoms in total. The van der Waals surface area contributed by atoms with Crippen molar-refractivity contribution >= 4 is 0 Å². The fourth-order valence-electron chi connectivity index (χ4n) is 3.84. The molecule has 2 aliphatic carbocycles. The van der Waals surface area contributed by atoms with E-state index in [1.807, 2.05) is 0 Å². The summed E-state index contributed by atoms with van der Waals surface area (Å²) < 4.78 is 0. The lowest BCUT2D eigenvalue weighted by molar-refractivity contribution is 0.0202. The molecule has 0 saturated heterocycles. The van der Waals surface area contributed by atoms with Crippen LogP contribution in [-0.2, 0) is 0 Å². The summed E-state index contributed by atoms with van der Waals surface area (Å²) in [5.41, 5.74) is 2.15. The van der Waals surface area contributed by atoms with Crippen LogP contribution in [0, 0.1) is 17.3 Å². The Morgan fingerprint density at radius 1 is 1.07 bits per heavy atom. The molecule has 0 aromatic carbocycles. The van der Waals surface area contributed by atoms with Crippen LogP contribution in [0.3, 0.4) is 0 Å². The molecule has 0 radical (unpaired) electrons. The molecule has 0 N–H and O–H groups in total. The molecule has 0 aliphatic heterocycles. The van der Waals surface area contributed by atoms with Gasteiger partial charge in [-0.05, 0) is 49.9 Å². The highest BCUT2D eigenvalue weighted by molar-refractivity contribution is 5.11. The first-order valence-corrected chi connectivity index (χ1v) is 6.79. The summed E-state index contributed by atoms with van der Waals surface area (Å²) >= 11 is 0. The first kappa shape index (κ1) is 11.2. The van der Waals surface area contributed by atoms with Gasteiger partial charge in [-0.2, -0.15) is 0 Å². The fraction of sp³-hybridized carbons (Fsp3) is 0.867. The topological polar surface area (TPSA) is 0 Å². The Morgan fingerprint density at radius 3 is 2.40 bits per heavy atom. The van der Waals surface area contributed by atoms with Crippen LogP contribution in [-0.4, -0.2) is 0 Å². The third-order valence-corrected chi connectivity index (χ3v) is 5.02. The summed E-state index contributed by atoms with van der Waals surface area (Å²) in [6.45, 7) is 8.88. The summed E-state index contributed by atoms with van der Waals surface area (Å²) in [6, 6.07) is 0. The number of hydrogen-bond acceptors (Lipinski definition) is 0. The molecule has 2 rings (SSSR count). The minimum atomic E-state index is 0.695. The lowest BCUT2D eigenvalue weighted by atomic mass is 9.53. The maximum atomic E-state index is 4.20. The zero-order valence-corrected chi connectivity index (χ0v) is 10.5. The van der Waals surface area contributed by atoms with E-state index in [9.17, 15) is 0 Å². The minimum Gasteiger partial charge on any atom is -0.0998 e. The summed E-state index contributed by atoms with van der Waals surface area (Å²) in [5.74, 6) is 1.83. The molecule has 0 heteroatoms. The molecule has 86 valence electrons. The first-order valence-electron chi connectivity index (χ1n) is 6.79. The van der Waals surface area contributed by atoms with Gasteiger partial charge in [0.25, 0.3) is 0 Å². The lowest BCUT2D eigenvalue weighted by Crippen LogP contribution is -2.41. The van der Waals surface area contributed by atoms with Gasteiger partial charge in [0.05, 0.1) is 0 Å². The van der Waals surface area contributed by atoms with Crippen LogP contribution in [0.1, 0.15) is 65.2 Å². The van der Waals surface area contributed by atoms with Gasteiger partial charge in [-0.3, -0.25) is 0 Å². The third kappa shape index (κ3) is 2.14. The van der Waals surface area contributed by atoms with E-state index in [1.54, 1.807) is 0 Å². The Morgan fingerprint density at radius 2 is 1.80 bits per heavy atom. The van der Waals surface area contributed by atoms with Gasteiger partial charge >= 0.3 is 0 Å². The first-order chi connectivity index (χ1) is 7.14. The largest absolute Gasteiger partial charge is 0.0998 e. The lowest BCUT2D eigenvalue weighted by Gasteiger charge is -2.52. The van der Waals surface area contributed by atoms with Gasteiger partial charge in [0.2, 0.25) is 0 Å². The second-order valence-corrected chi connectivity index (χ2v) is 6.19.